The molecule has 1 heterocycles. The van der Waals surface area contributed by atoms with E-state index in [1.807, 2.05) is 0 Å². The van der Waals surface area contributed by atoms with Gasteiger partial charge in [0, 0.05) is 23.3 Å². The predicted octanol–water partition coefficient (Wildman–Crippen LogP) is 3.08. The summed E-state index contributed by atoms with van der Waals surface area (Å²) in [6.45, 7) is 0.641. The van der Waals surface area contributed by atoms with Gasteiger partial charge in [-0.3, -0.25) is 4.79 Å². The quantitative estimate of drug-likeness (QED) is 0.737. The largest absolute Gasteiger partial charge is 0.313 e. The number of Topliss-reactive ketones (excluding diaryl/α,β-unsaturated/α-hetero) is 1. The minimum Gasteiger partial charge on any atom is -0.313 e. The molecule has 4 atom stereocenters. The fraction of sp³-hybridized carbons (Fsp3) is 0.900. The van der Waals surface area contributed by atoms with Crippen LogP contribution in [0.3, 0.4) is 0 Å². The van der Waals surface area contributed by atoms with Gasteiger partial charge in [0.25, 0.3) is 0 Å². The third-order valence-electron chi connectivity index (χ3n) is 3.57. The number of carbonyl (C=O) groups is 1. The Hall–Kier alpha value is 0.980. The summed E-state index contributed by atoms with van der Waals surface area (Å²) in [5.41, 5.74) is 0. The average molecular weight is 349 g/mol. The lowest BCUT2D eigenvalue weighted by molar-refractivity contribution is -0.122. The number of halogens is 4. The molecule has 1 aliphatic carbocycles. The third kappa shape index (κ3) is 2.69. The van der Waals surface area contributed by atoms with Gasteiger partial charge >= 0.3 is 0 Å². The monoisotopic (exact) mass is 347 g/mol. The molecule has 1 N–H and O–H groups in total. The highest BCUT2D eigenvalue weighted by atomic mass is 79.9. The molecule has 0 aromatic heterocycles. The molecule has 92 valence electrons. The molecule has 2 fully saturated rings. The molecule has 1 saturated heterocycles. The molecule has 6 heteroatoms. The highest BCUT2D eigenvalue weighted by molar-refractivity contribution is 9.09. The van der Waals surface area contributed by atoms with Crippen LogP contribution in [0.15, 0.2) is 0 Å². The van der Waals surface area contributed by atoms with Crippen LogP contribution in [0.25, 0.3) is 0 Å². The molecule has 1 saturated carbocycles. The summed E-state index contributed by atoms with van der Waals surface area (Å²) in [7, 11) is 0. The van der Waals surface area contributed by atoms with Crippen molar-refractivity contribution in [1.82, 2.24) is 5.32 Å². The van der Waals surface area contributed by atoms with E-state index in [0.29, 0.717) is 23.3 Å². The van der Waals surface area contributed by atoms with E-state index in [0.717, 1.165) is 19.3 Å². The molecule has 2 nitrogen and oxygen atoms in total. The Morgan fingerprint density at radius 1 is 1.31 bits per heavy atom. The Kier molecular flexibility index (Phi) is 4.13. The molecule has 0 radical (unpaired) electrons. The minimum absolute atomic E-state index is 0.155. The van der Waals surface area contributed by atoms with E-state index in [9.17, 15) is 4.79 Å². The summed E-state index contributed by atoms with van der Waals surface area (Å²) in [4.78, 5) is 12.5. The van der Waals surface area contributed by atoms with Crippen LogP contribution in [-0.4, -0.2) is 27.0 Å². The first kappa shape index (κ1) is 13.4. The van der Waals surface area contributed by atoms with Crippen molar-refractivity contribution in [2.24, 2.45) is 11.8 Å². The molecule has 0 amide bonds. The van der Waals surface area contributed by atoms with Crippen LogP contribution in [-0.2, 0) is 4.79 Å². The molecular weight excluding hydrogens is 336 g/mol. The molecule has 0 spiro atoms. The Bertz CT molecular complexity index is 294. The second kappa shape index (κ2) is 4.93. The van der Waals surface area contributed by atoms with Gasteiger partial charge in [-0.2, -0.15) is 0 Å². The van der Waals surface area contributed by atoms with E-state index in [1.54, 1.807) is 0 Å². The SMILES string of the molecule is O=C(C1CNC2CCC(Br)CC21)C(Cl)(Cl)Cl. The molecule has 2 aliphatic rings. The molecule has 16 heavy (non-hydrogen) atoms. The van der Waals surface area contributed by atoms with Crippen molar-refractivity contribution in [3.63, 3.8) is 0 Å². The molecule has 4 unspecified atom stereocenters. The van der Waals surface area contributed by atoms with Crippen molar-refractivity contribution in [1.29, 1.82) is 0 Å². The Morgan fingerprint density at radius 3 is 2.62 bits per heavy atom. The van der Waals surface area contributed by atoms with Gasteiger partial charge in [-0.15, -0.1) is 0 Å². The van der Waals surface area contributed by atoms with Crippen molar-refractivity contribution < 1.29 is 4.79 Å². The van der Waals surface area contributed by atoms with E-state index in [-0.39, 0.29) is 11.7 Å². The van der Waals surface area contributed by atoms with E-state index in [2.05, 4.69) is 21.2 Å². The fourth-order valence-corrected chi connectivity index (χ4v) is 3.89. The van der Waals surface area contributed by atoms with E-state index < -0.39 is 3.79 Å². The van der Waals surface area contributed by atoms with Crippen LogP contribution in [0.5, 0.6) is 0 Å². The second-order valence-electron chi connectivity index (χ2n) is 4.56. The van der Waals surface area contributed by atoms with Gasteiger partial charge in [-0.05, 0) is 25.2 Å². The van der Waals surface area contributed by atoms with Gasteiger partial charge in [0.05, 0.1) is 0 Å². The lowest BCUT2D eigenvalue weighted by atomic mass is 9.78. The van der Waals surface area contributed by atoms with Gasteiger partial charge in [0.1, 0.15) is 0 Å². The second-order valence-corrected chi connectivity index (χ2v) is 8.13. The zero-order valence-corrected chi connectivity index (χ0v) is 12.4. The number of alkyl halides is 4. The molecule has 1 aliphatic heterocycles. The smallest absolute Gasteiger partial charge is 0.249 e. The lowest BCUT2D eigenvalue weighted by Gasteiger charge is -2.31. The van der Waals surface area contributed by atoms with Crippen molar-refractivity contribution in [2.75, 3.05) is 6.54 Å². The van der Waals surface area contributed by atoms with Crippen molar-refractivity contribution in [2.45, 2.75) is 33.9 Å². The maximum Gasteiger partial charge on any atom is 0.249 e. The molecule has 2 rings (SSSR count). The minimum atomic E-state index is -1.78. The normalized spacial score (nSPS) is 39.5. The van der Waals surface area contributed by atoms with Gasteiger partial charge in [0.2, 0.25) is 3.79 Å². The number of hydrogen-bond acceptors (Lipinski definition) is 2. The zero-order valence-electron chi connectivity index (χ0n) is 8.56. The van der Waals surface area contributed by atoms with Gasteiger partial charge in [0.15, 0.2) is 5.78 Å². The number of ketones is 1. The zero-order chi connectivity index (χ0) is 11.9. The van der Waals surface area contributed by atoms with Crippen LogP contribution >= 0.6 is 50.7 Å². The number of rotatable bonds is 1. The first-order valence-corrected chi connectivity index (χ1v) is 7.43. The number of carbonyl (C=O) groups excluding carboxylic acids is 1. The van der Waals surface area contributed by atoms with E-state index >= 15 is 0 Å². The summed E-state index contributed by atoms with van der Waals surface area (Å²) >= 11 is 20.6. The number of hydrogen-bond donors (Lipinski definition) is 1. The number of fused-ring (bicyclic) bond motifs is 1. The van der Waals surface area contributed by atoms with Crippen LogP contribution in [0.2, 0.25) is 0 Å². The number of nitrogens with one attached hydrogen (secondary N) is 1. The summed E-state index contributed by atoms with van der Waals surface area (Å²) < 4.78 is -1.78. The first-order valence-electron chi connectivity index (χ1n) is 5.38. The highest BCUT2D eigenvalue weighted by Crippen LogP contribution is 2.41. The Morgan fingerprint density at radius 2 is 2.00 bits per heavy atom. The Balaban J connectivity index is 2.09. The van der Waals surface area contributed by atoms with Crippen molar-refractivity contribution in [3.05, 3.63) is 0 Å². The molecular formula is C10H13BrCl3NO. The first-order chi connectivity index (χ1) is 7.39. The van der Waals surface area contributed by atoms with Gasteiger partial charge in [-0.1, -0.05) is 50.7 Å². The fourth-order valence-electron chi connectivity index (χ4n) is 2.78. The molecule has 0 bridgehead atoms. The maximum atomic E-state index is 12.0. The summed E-state index contributed by atoms with van der Waals surface area (Å²) in [5.74, 6) is -0.113. The van der Waals surface area contributed by atoms with Crippen molar-refractivity contribution in [3.8, 4) is 0 Å². The topological polar surface area (TPSA) is 29.1 Å². The third-order valence-corrected chi connectivity index (χ3v) is 4.96. The van der Waals surface area contributed by atoms with Crippen LogP contribution < -0.4 is 5.32 Å². The summed E-state index contributed by atoms with van der Waals surface area (Å²) in [6, 6.07) is 0.412. The van der Waals surface area contributed by atoms with Crippen molar-refractivity contribution >= 4 is 56.5 Å². The summed E-state index contributed by atoms with van der Waals surface area (Å²) in [5, 5.41) is 3.36. The highest BCUT2D eigenvalue weighted by Gasteiger charge is 2.47. The lowest BCUT2D eigenvalue weighted by Crippen LogP contribution is -2.37. The van der Waals surface area contributed by atoms with Crippen LogP contribution in [0.1, 0.15) is 19.3 Å². The van der Waals surface area contributed by atoms with Gasteiger partial charge < -0.3 is 5.32 Å². The standard InChI is InChI=1S/C10H13BrCl3NO/c11-5-1-2-8-6(3-5)7(4-15-8)9(16)10(12,13)14/h5-8,15H,1-4H2. The van der Waals surface area contributed by atoms with Crippen LogP contribution in [0, 0.1) is 11.8 Å². The summed E-state index contributed by atoms with van der Waals surface area (Å²) in [6.07, 6.45) is 3.21. The van der Waals surface area contributed by atoms with E-state index in [1.165, 1.54) is 0 Å². The average Bonchev–Trinajstić information content (AvgIpc) is 2.57. The predicted molar refractivity (Wildman–Crippen MR) is 70.6 cm³/mol. The molecule has 0 aromatic rings. The maximum absolute atomic E-state index is 12.0. The van der Waals surface area contributed by atoms with E-state index in [4.69, 9.17) is 34.8 Å². The van der Waals surface area contributed by atoms with Crippen LogP contribution in [0.4, 0.5) is 0 Å². The molecule has 0 aromatic carbocycles. The van der Waals surface area contributed by atoms with Gasteiger partial charge in [-0.25, -0.2) is 0 Å². The Labute approximate surface area is 119 Å².